The van der Waals surface area contributed by atoms with Crippen LogP contribution in [0.3, 0.4) is 0 Å². The number of nitrogens with zero attached hydrogens (tertiary/aromatic N) is 6. The van der Waals surface area contributed by atoms with Crippen molar-refractivity contribution < 1.29 is 18.0 Å². The van der Waals surface area contributed by atoms with E-state index in [1.807, 2.05) is 25.7 Å². The molecule has 47 heavy (non-hydrogen) atoms. The molecule has 2 aliphatic rings. The lowest BCUT2D eigenvalue weighted by Crippen LogP contribution is -2.61. The zero-order valence-electron chi connectivity index (χ0n) is 26.3. The van der Waals surface area contributed by atoms with Crippen LogP contribution in [-0.4, -0.2) is 64.1 Å². The molecule has 4 heterocycles. The van der Waals surface area contributed by atoms with Crippen LogP contribution in [0.2, 0.25) is 10.0 Å². The fourth-order valence-corrected chi connectivity index (χ4v) is 7.26. The quantitative estimate of drug-likeness (QED) is 0.155. The molecule has 0 aliphatic carbocycles. The summed E-state index contributed by atoms with van der Waals surface area (Å²) in [6, 6.07) is 1.88. The van der Waals surface area contributed by atoms with Crippen LogP contribution in [0.15, 0.2) is 35.8 Å². The first-order valence-electron chi connectivity index (χ1n) is 15.0. The number of hydrogen-bond acceptors (Lipinski definition) is 7. The van der Waals surface area contributed by atoms with Gasteiger partial charge in [-0.2, -0.15) is 4.98 Å². The monoisotopic (exact) mass is 685 g/mol. The van der Waals surface area contributed by atoms with E-state index in [-0.39, 0.29) is 70.6 Å². The Bertz CT molecular complexity index is 2040. The number of hydrogen-bond donors (Lipinski definition) is 1. The summed E-state index contributed by atoms with van der Waals surface area (Å²) in [5.41, 5.74) is 4.22. The van der Waals surface area contributed by atoms with Crippen LogP contribution >= 0.6 is 23.2 Å². The second-order valence-corrected chi connectivity index (χ2v) is 13.1. The number of halogens is 5. The largest absolute Gasteiger partial charge is 0.397 e. The molecule has 0 spiro atoms. The summed E-state index contributed by atoms with van der Waals surface area (Å²) < 4.78 is 51.5. The van der Waals surface area contributed by atoms with Gasteiger partial charge in [-0.25, -0.2) is 18.0 Å². The van der Waals surface area contributed by atoms with Gasteiger partial charge in [-0.3, -0.25) is 14.3 Å². The van der Waals surface area contributed by atoms with Gasteiger partial charge >= 0.3 is 5.69 Å². The van der Waals surface area contributed by atoms with E-state index in [2.05, 4.69) is 16.5 Å². The van der Waals surface area contributed by atoms with Gasteiger partial charge < -0.3 is 20.4 Å². The Morgan fingerprint density at radius 3 is 2.45 bits per heavy atom. The van der Waals surface area contributed by atoms with Crippen LogP contribution < -0.4 is 21.2 Å². The molecular weight excluding hydrogens is 654 g/mol. The summed E-state index contributed by atoms with van der Waals surface area (Å²) in [6.45, 7) is 11.5. The summed E-state index contributed by atoms with van der Waals surface area (Å²) in [5.74, 6) is -4.04. The molecule has 0 saturated carbocycles. The maximum Gasteiger partial charge on any atom is 0.354 e. The van der Waals surface area contributed by atoms with E-state index >= 15 is 13.2 Å². The van der Waals surface area contributed by atoms with Gasteiger partial charge in [-0.1, -0.05) is 43.6 Å². The van der Waals surface area contributed by atoms with Crippen molar-refractivity contribution in [2.45, 2.75) is 45.7 Å². The molecule has 2 unspecified atom stereocenters. The summed E-state index contributed by atoms with van der Waals surface area (Å²) in [6.07, 6.45) is 2.80. The van der Waals surface area contributed by atoms with E-state index in [1.165, 1.54) is 6.08 Å². The SMILES string of the molecule is C=CC(=O)N1CC2CN(C)c3c(F)c(-c4c(N)c(Cl)cc(Cl)c4F)c(F)c4c3c(nc(=O)n4-c3c(C)ccnc3C(C)C)N2CC1C. The first kappa shape index (κ1) is 32.6. The Morgan fingerprint density at radius 1 is 1.09 bits per heavy atom. The molecule has 2 N–H and O–H groups in total. The number of nitrogen functional groups attached to an aromatic ring is 1. The third-order valence-electron chi connectivity index (χ3n) is 8.99. The number of carbonyl (C=O) groups is 1. The van der Waals surface area contributed by atoms with Gasteiger partial charge in [0.15, 0.2) is 17.5 Å². The van der Waals surface area contributed by atoms with E-state index in [4.69, 9.17) is 28.9 Å². The number of fused-ring (bicyclic) bond motifs is 2. The Morgan fingerprint density at radius 2 is 1.79 bits per heavy atom. The highest BCUT2D eigenvalue weighted by Crippen LogP contribution is 2.49. The number of piperazine rings is 1. The lowest BCUT2D eigenvalue weighted by atomic mass is 9.97. The summed E-state index contributed by atoms with van der Waals surface area (Å²) in [4.78, 5) is 41.0. The smallest absolute Gasteiger partial charge is 0.354 e. The van der Waals surface area contributed by atoms with Crippen molar-refractivity contribution in [1.29, 1.82) is 0 Å². The van der Waals surface area contributed by atoms with Gasteiger partial charge in [0.2, 0.25) is 5.91 Å². The molecule has 2 aromatic heterocycles. The second-order valence-electron chi connectivity index (χ2n) is 12.3. The molecular formula is C33H32Cl2F3N7O2. The molecule has 1 fully saturated rings. The normalized spacial score (nSPS) is 17.7. The fourth-order valence-electron chi connectivity index (χ4n) is 6.80. The number of amides is 1. The van der Waals surface area contributed by atoms with Crippen LogP contribution in [0.4, 0.5) is 30.4 Å². The van der Waals surface area contributed by atoms with Crippen molar-refractivity contribution >= 4 is 57.2 Å². The maximum atomic E-state index is 17.5. The highest BCUT2D eigenvalue weighted by atomic mass is 35.5. The molecule has 1 amide bonds. The standard InChI is InChI=1S/C33H32Cl2F3N7O2/c1-7-20(46)43-13-17-12-42(6)30-23-31(26(38)21(25(30)37)22-24(36)18(34)10-19(35)27(22)39)45(29-15(4)8-9-40-28(29)14(2)3)33(47)41-32(23)44(17)11-16(43)5/h7-10,14,16-17H,1,11-13,39H2,2-6H3. The zero-order valence-corrected chi connectivity index (χ0v) is 27.8. The number of rotatable bonds is 4. The van der Waals surface area contributed by atoms with Crippen molar-refractivity contribution in [3.8, 4) is 16.8 Å². The van der Waals surface area contributed by atoms with Crippen LogP contribution in [0.5, 0.6) is 0 Å². The predicted octanol–water partition coefficient (Wildman–Crippen LogP) is 6.23. The minimum atomic E-state index is -1.26. The topological polar surface area (TPSA) is 101 Å². The van der Waals surface area contributed by atoms with Crippen molar-refractivity contribution in [1.82, 2.24) is 19.4 Å². The molecule has 246 valence electrons. The summed E-state index contributed by atoms with van der Waals surface area (Å²) >= 11 is 12.4. The first-order chi connectivity index (χ1) is 22.2. The van der Waals surface area contributed by atoms with E-state index in [0.29, 0.717) is 11.3 Å². The van der Waals surface area contributed by atoms with E-state index in [0.717, 1.165) is 10.6 Å². The molecule has 6 rings (SSSR count). The average Bonchev–Trinajstić information content (AvgIpc) is 3.13. The van der Waals surface area contributed by atoms with Gasteiger partial charge in [-0.15, -0.1) is 0 Å². The maximum absolute atomic E-state index is 17.5. The van der Waals surface area contributed by atoms with E-state index in [9.17, 15) is 9.59 Å². The number of likely N-dealkylation sites (N-methyl/N-ethyl adjacent to an activating group) is 1. The lowest BCUT2D eigenvalue weighted by molar-refractivity contribution is -0.128. The number of nitrogens with two attached hydrogens (primary N) is 1. The molecule has 2 atom stereocenters. The molecule has 2 aromatic carbocycles. The zero-order chi connectivity index (χ0) is 34.2. The minimum absolute atomic E-state index is 0.00545. The Labute approximate surface area is 279 Å². The molecule has 2 aliphatic heterocycles. The van der Waals surface area contributed by atoms with Crippen LogP contribution in [0.25, 0.3) is 27.7 Å². The van der Waals surface area contributed by atoms with Gasteiger partial charge in [0.1, 0.15) is 11.3 Å². The molecule has 14 heteroatoms. The minimum Gasteiger partial charge on any atom is -0.397 e. The van der Waals surface area contributed by atoms with Crippen molar-refractivity contribution in [3.63, 3.8) is 0 Å². The van der Waals surface area contributed by atoms with E-state index in [1.54, 1.807) is 36.0 Å². The third kappa shape index (κ3) is 4.91. The average molecular weight is 687 g/mol. The van der Waals surface area contributed by atoms with E-state index < -0.39 is 51.0 Å². The summed E-state index contributed by atoms with van der Waals surface area (Å²) in [7, 11) is 1.60. The number of pyridine rings is 1. The highest BCUT2D eigenvalue weighted by Gasteiger charge is 2.42. The Kier molecular flexibility index (Phi) is 8.16. The molecule has 0 bridgehead atoms. The molecule has 9 nitrogen and oxygen atoms in total. The number of aromatic nitrogens is 3. The first-order valence-corrected chi connectivity index (χ1v) is 15.7. The van der Waals surface area contributed by atoms with Crippen LogP contribution in [-0.2, 0) is 4.79 Å². The summed E-state index contributed by atoms with van der Waals surface area (Å²) in [5, 5.41) is -0.705. The third-order valence-corrected chi connectivity index (χ3v) is 9.58. The predicted molar refractivity (Wildman–Crippen MR) is 179 cm³/mol. The van der Waals surface area contributed by atoms with Gasteiger partial charge in [0.05, 0.1) is 49.8 Å². The fraction of sp³-hybridized carbons (Fsp3) is 0.333. The van der Waals surface area contributed by atoms with Crippen molar-refractivity contribution in [2.24, 2.45) is 0 Å². The number of benzene rings is 2. The Hall–Kier alpha value is -4.29. The van der Waals surface area contributed by atoms with Gasteiger partial charge in [0, 0.05) is 44.5 Å². The lowest BCUT2D eigenvalue weighted by Gasteiger charge is -2.45. The van der Waals surface area contributed by atoms with Crippen molar-refractivity contribution in [3.05, 3.63) is 80.2 Å². The number of anilines is 3. The molecule has 0 radical (unpaired) electrons. The highest BCUT2D eigenvalue weighted by molar-refractivity contribution is 6.37. The Balaban J connectivity index is 1.82. The second kappa shape index (κ2) is 11.7. The van der Waals surface area contributed by atoms with Crippen LogP contribution in [0.1, 0.15) is 37.9 Å². The molecule has 1 saturated heterocycles. The molecule has 4 aromatic rings. The number of aryl methyl sites for hydroxylation is 1. The van der Waals surface area contributed by atoms with Gasteiger partial charge in [-0.05, 0) is 43.5 Å². The van der Waals surface area contributed by atoms with Crippen molar-refractivity contribution in [2.75, 3.05) is 42.2 Å². The number of carbonyl (C=O) groups excluding carboxylic acids is 1. The van der Waals surface area contributed by atoms with Crippen LogP contribution in [0, 0.1) is 24.4 Å². The van der Waals surface area contributed by atoms with Gasteiger partial charge in [0.25, 0.3) is 0 Å².